The number of carbonyl (C=O) groups excluding carboxylic acids is 2. The zero-order valence-corrected chi connectivity index (χ0v) is 17.1. The monoisotopic (exact) mass is 408 g/mol. The normalized spacial score (nSPS) is 11.7. The van der Waals surface area contributed by atoms with Crippen LogP contribution in [0, 0.1) is 13.8 Å². The largest absolute Gasteiger partial charge is 0.453 e. The van der Waals surface area contributed by atoms with Gasteiger partial charge < -0.3 is 10.1 Å². The third-order valence-electron chi connectivity index (χ3n) is 3.86. The molecule has 0 aliphatic rings. The summed E-state index contributed by atoms with van der Waals surface area (Å²) in [6.07, 6.45) is 3.06. The second-order valence-corrected chi connectivity index (χ2v) is 6.95. The van der Waals surface area contributed by atoms with Crippen LogP contribution in [0.25, 0.3) is 0 Å². The first kappa shape index (κ1) is 21.1. The highest BCUT2D eigenvalue weighted by Gasteiger charge is 2.19. The van der Waals surface area contributed by atoms with Gasteiger partial charge in [0.05, 0.1) is 5.69 Å². The lowest BCUT2D eigenvalue weighted by molar-refractivity contribution is -0.153. The number of hydrogen-bond donors (Lipinski definition) is 1. The van der Waals surface area contributed by atoms with Crippen molar-refractivity contribution in [3.8, 4) is 0 Å². The van der Waals surface area contributed by atoms with Gasteiger partial charge in [0.25, 0.3) is 5.91 Å². The summed E-state index contributed by atoms with van der Waals surface area (Å²) >= 11 is 7.37. The van der Waals surface area contributed by atoms with E-state index < -0.39 is 18.0 Å². The number of nitrogens with one attached hydrogen (secondary N) is 1. The quantitative estimate of drug-likeness (QED) is 0.325. The van der Waals surface area contributed by atoms with Crippen LogP contribution in [0.15, 0.2) is 23.5 Å². The van der Waals surface area contributed by atoms with Crippen molar-refractivity contribution in [2.24, 2.45) is 0 Å². The number of anilines is 1. The molecule has 0 radical (unpaired) electrons. The first-order valence-corrected chi connectivity index (χ1v) is 9.91. The van der Waals surface area contributed by atoms with Crippen molar-refractivity contribution in [1.29, 1.82) is 0 Å². The standard InChI is InChI=1S/C18H21ClN4O3S/c1-10-13(11(2)22-18(21-10)27-4)7-8-15(24)26-12(3)17(25)23-14-6-5-9-20-16(14)19/h5-6,9,12H,7-8H2,1-4H3,(H,23,25)/t12-/m0/s1. The lowest BCUT2D eigenvalue weighted by atomic mass is 10.1. The number of nitrogens with zero attached hydrogens (tertiary/aromatic N) is 3. The van der Waals surface area contributed by atoms with Crippen LogP contribution in [0.1, 0.15) is 30.3 Å². The average molecular weight is 409 g/mol. The summed E-state index contributed by atoms with van der Waals surface area (Å²) in [5.41, 5.74) is 2.97. The summed E-state index contributed by atoms with van der Waals surface area (Å²) in [5, 5.41) is 3.46. The van der Waals surface area contributed by atoms with Crippen LogP contribution in [0.3, 0.4) is 0 Å². The molecule has 1 atom stereocenters. The number of ether oxygens (including phenoxy) is 1. The highest BCUT2D eigenvalue weighted by Crippen LogP contribution is 2.19. The summed E-state index contributed by atoms with van der Waals surface area (Å²) in [7, 11) is 0. The Bertz CT molecular complexity index is 824. The van der Waals surface area contributed by atoms with Crippen LogP contribution in [-0.4, -0.2) is 39.2 Å². The number of pyridine rings is 1. The Hall–Kier alpha value is -2.19. The highest BCUT2D eigenvalue weighted by molar-refractivity contribution is 7.98. The number of aryl methyl sites for hydroxylation is 2. The highest BCUT2D eigenvalue weighted by atomic mass is 35.5. The first-order chi connectivity index (χ1) is 12.8. The van der Waals surface area contributed by atoms with Crippen LogP contribution in [0.2, 0.25) is 5.15 Å². The maximum Gasteiger partial charge on any atom is 0.306 e. The molecule has 0 aliphatic heterocycles. The van der Waals surface area contributed by atoms with E-state index >= 15 is 0 Å². The van der Waals surface area contributed by atoms with Gasteiger partial charge in [-0.1, -0.05) is 23.4 Å². The minimum atomic E-state index is -0.953. The third-order valence-corrected chi connectivity index (χ3v) is 4.71. The third kappa shape index (κ3) is 5.90. The Morgan fingerprint density at radius 3 is 2.56 bits per heavy atom. The van der Waals surface area contributed by atoms with Gasteiger partial charge in [-0.2, -0.15) is 0 Å². The van der Waals surface area contributed by atoms with E-state index in [0.717, 1.165) is 17.0 Å². The zero-order chi connectivity index (χ0) is 20.0. The molecule has 144 valence electrons. The molecule has 9 heteroatoms. The number of halogens is 1. The minimum Gasteiger partial charge on any atom is -0.453 e. The van der Waals surface area contributed by atoms with E-state index in [2.05, 4.69) is 20.3 Å². The molecule has 0 fully saturated rings. The van der Waals surface area contributed by atoms with Gasteiger partial charge in [0.15, 0.2) is 16.4 Å². The second-order valence-electron chi connectivity index (χ2n) is 5.82. The Kier molecular flexibility index (Phi) is 7.55. The summed E-state index contributed by atoms with van der Waals surface area (Å²) < 4.78 is 5.21. The minimum absolute atomic E-state index is 0.134. The van der Waals surface area contributed by atoms with Gasteiger partial charge in [-0.25, -0.2) is 15.0 Å². The van der Waals surface area contributed by atoms with Crippen molar-refractivity contribution in [2.75, 3.05) is 11.6 Å². The van der Waals surface area contributed by atoms with Crippen LogP contribution in [0.4, 0.5) is 5.69 Å². The molecule has 1 N–H and O–H groups in total. The summed E-state index contributed by atoms with van der Waals surface area (Å²) in [6.45, 7) is 5.29. The van der Waals surface area contributed by atoms with Crippen LogP contribution >= 0.6 is 23.4 Å². The fourth-order valence-corrected chi connectivity index (χ4v) is 3.04. The summed E-state index contributed by atoms with van der Waals surface area (Å²) in [6, 6.07) is 3.26. The van der Waals surface area contributed by atoms with Gasteiger partial charge in [0.1, 0.15) is 0 Å². The maximum absolute atomic E-state index is 12.2. The lowest BCUT2D eigenvalue weighted by Gasteiger charge is -2.14. The SMILES string of the molecule is CSc1nc(C)c(CCC(=O)O[C@@H](C)C(=O)Nc2cccnc2Cl)c(C)n1. The molecule has 0 saturated heterocycles. The summed E-state index contributed by atoms with van der Waals surface area (Å²) in [5.74, 6) is -0.944. The van der Waals surface area contributed by atoms with Gasteiger partial charge in [0, 0.05) is 24.0 Å². The van der Waals surface area contributed by atoms with Crippen molar-refractivity contribution in [3.63, 3.8) is 0 Å². The lowest BCUT2D eigenvalue weighted by Crippen LogP contribution is -2.30. The van der Waals surface area contributed by atoms with Gasteiger partial charge in [-0.15, -0.1) is 0 Å². The fourth-order valence-electron chi connectivity index (χ4n) is 2.41. The molecule has 27 heavy (non-hydrogen) atoms. The smallest absolute Gasteiger partial charge is 0.306 e. The predicted molar refractivity (Wildman–Crippen MR) is 105 cm³/mol. The first-order valence-electron chi connectivity index (χ1n) is 8.30. The van der Waals surface area contributed by atoms with Gasteiger partial charge in [-0.05, 0) is 51.1 Å². The maximum atomic E-state index is 12.2. The number of amides is 1. The molecule has 0 aliphatic carbocycles. The Morgan fingerprint density at radius 1 is 1.30 bits per heavy atom. The molecule has 7 nitrogen and oxygen atoms in total. The van der Waals surface area contributed by atoms with E-state index in [1.54, 1.807) is 12.1 Å². The van der Waals surface area contributed by atoms with Crippen molar-refractivity contribution in [2.45, 2.75) is 44.9 Å². The predicted octanol–water partition coefficient (Wildman–Crippen LogP) is 3.37. The van der Waals surface area contributed by atoms with E-state index in [4.69, 9.17) is 16.3 Å². The number of esters is 1. The van der Waals surface area contributed by atoms with Crippen LogP contribution in [0.5, 0.6) is 0 Å². The zero-order valence-electron chi connectivity index (χ0n) is 15.6. The number of rotatable bonds is 7. The second kappa shape index (κ2) is 9.66. The van der Waals surface area contributed by atoms with Crippen molar-refractivity contribution in [3.05, 3.63) is 40.4 Å². The molecule has 2 rings (SSSR count). The fraction of sp³-hybridized carbons (Fsp3) is 0.389. The van der Waals surface area contributed by atoms with Gasteiger partial charge in [0.2, 0.25) is 0 Å². The van der Waals surface area contributed by atoms with Crippen molar-refractivity contribution in [1.82, 2.24) is 15.0 Å². The molecule has 0 bridgehead atoms. The number of thioether (sulfide) groups is 1. The van der Waals surface area contributed by atoms with E-state index in [0.29, 0.717) is 17.3 Å². The van der Waals surface area contributed by atoms with Crippen LogP contribution in [-0.2, 0) is 20.7 Å². The van der Waals surface area contributed by atoms with Crippen molar-refractivity contribution >= 4 is 40.9 Å². The van der Waals surface area contributed by atoms with E-state index in [1.165, 1.54) is 24.9 Å². The molecule has 0 saturated carbocycles. The molecular weight excluding hydrogens is 388 g/mol. The van der Waals surface area contributed by atoms with Crippen LogP contribution < -0.4 is 5.32 Å². The molecule has 2 aromatic heterocycles. The summed E-state index contributed by atoms with van der Waals surface area (Å²) in [4.78, 5) is 36.9. The van der Waals surface area contributed by atoms with E-state index in [1.807, 2.05) is 20.1 Å². The van der Waals surface area contributed by atoms with E-state index in [9.17, 15) is 9.59 Å². The molecular formula is C18H21ClN4O3S. The molecule has 2 aromatic rings. The molecule has 1 amide bonds. The number of carbonyl (C=O) groups is 2. The topological polar surface area (TPSA) is 94.1 Å². The number of hydrogen-bond acceptors (Lipinski definition) is 7. The van der Waals surface area contributed by atoms with Gasteiger partial charge >= 0.3 is 5.97 Å². The van der Waals surface area contributed by atoms with E-state index in [-0.39, 0.29) is 11.6 Å². The molecule has 0 unspecified atom stereocenters. The average Bonchev–Trinajstić information content (AvgIpc) is 2.62. The molecule has 2 heterocycles. The molecule has 0 spiro atoms. The Morgan fingerprint density at radius 2 is 1.96 bits per heavy atom. The Labute approximate surface area is 167 Å². The van der Waals surface area contributed by atoms with Gasteiger partial charge in [-0.3, -0.25) is 9.59 Å². The number of aromatic nitrogens is 3. The molecule has 0 aromatic carbocycles. The Balaban J connectivity index is 1.90. The van der Waals surface area contributed by atoms with Crippen molar-refractivity contribution < 1.29 is 14.3 Å².